The second-order valence-corrected chi connectivity index (χ2v) is 7.62. The summed E-state index contributed by atoms with van der Waals surface area (Å²) in [7, 11) is -2.31. The number of anilines is 2. The lowest BCUT2D eigenvalue weighted by Crippen LogP contribution is -2.21. The highest BCUT2D eigenvalue weighted by atomic mass is 32.2. The number of rotatable bonds is 6. The molecule has 1 aliphatic heterocycles. The molecule has 0 aliphatic carbocycles. The van der Waals surface area contributed by atoms with Crippen LogP contribution in [-0.2, 0) is 21.8 Å². The maximum absolute atomic E-state index is 12.6. The first kappa shape index (κ1) is 18.2. The summed E-state index contributed by atoms with van der Waals surface area (Å²) in [6.45, 7) is 3.62. The predicted molar refractivity (Wildman–Crippen MR) is 95.7 cm³/mol. The van der Waals surface area contributed by atoms with Crippen LogP contribution in [0.4, 0.5) is 11.8 Å². The van der Waals surface area contributed by atoms with Gasteiger partial charge < -0.3 is 14.2 Å². The van der Waals surface area contributed by atoms with Gasteiger partial charge in [0, 0.05) is 32.5 Å². The Morgan fingerprint density at radius 1 is 1.35 bits per heavy atom. The van der Waals surface area contributed by atoms with Crippen molar-refractivity contribution in [3.63, 3.8) is 0 Å². The third-order valence-corrected chi connectivity index (χ3v) is 5.37. The molecule has 9 nitrogen and oxygen atoms in total. The molecule has 1 N–H and O–H groups in total. The smallest absolute Gasteiger partial charge is 0.354 e. The van der Waals surface area contributed by atoms with Gasteiger partial charge in [0.15, 0.2) is 0 Å². The van der Waals surface area contributed by atoms with Crippen LogP contribution in [0.1, 0.15) is 30.3 Å². The normalized spacial score (nSPS) is 14.5. The summed E-state index contributed by atoms with van der Waals surface area (Å²) in [6, 6.07) is 2.77. The predicted octanol–water partition coefficient (Wildman–Crippen LogP) is 1.39. The van der Waals surface area contributed by atoms with Gasteiger partial charge in [-0.15, -0.1) is 0 Å². The van der Waals surface area contributed by atoms with Gasteiger partial charge in [-0.05, 0) is 31.9 Å². The third kappa shape index (κ3) is 3.79. The van der Waals surface area contributed by atoms with Gasteiger partial charge in [-0.1, -0.05) is 0 Å². The molecule has 2 aromatic rings. The molecule has 3 heterocycles. The standard InChI is InChI=1S/C16H21N5O4S/c1-3-25-15(22)13-10-12(11-20(13)2)26(23,24)19-14-6-7-17-16(18-14)21-8-4-5-9-21/h6-7,10-11H,3-5,8-9H2,1-2H3,(H,17,18,19). The molecular formula is C16H21N5O4S. The minimum atomic E-state index is -3.89. The van der Waals surface area contributed by atoms with Gasteiger partial charge in [0.1, 0.15) is 16.4 Å². The van der Waals surface area contributed by atoms with Crippen molar-refractivity contribution in [2.45, 2.75) is 24.7 Å². The molecule has 0 amide bonds. The van der Waals surface area contributed by atoms with E-state index in [2.05, 4.69) is 14.7 Å². The highest BCUT2D eigenvalue weighted by Gasteiger charge is 2.22. The molecule has 0 unspecified atom stereocenters. The zero-order chi connectivity index (χ0) is 18.7. The average molecular weight is 379 g/mol. The van der Waals surface area contributed by atoms with E-state index < -0.39 is 16.0 Å². The number of esters is 1. The van der Waals surface area contributed by atoms with Gasteiger partial charge in [0.25, 0.3) is 10.0 Å². The Bertz CT molecular complexity index is 903. The van der Waals surface area contributed by atoms with E-state index in [1.165, 1.54) is 29.1 Å². The Morgan fingerprint density at radius 3 is 2.77 bits per heavy atom. The van der Waals surface area contributed by atoms with Crippen molar-refractivity contribution in [2.24, 2.45) is 7.05 Å². The fourth-order valence-corrected chi connectivity index (χ4v) is 3.83. The lowest BCUT2D eigenvalue weighted by Gasteiger charge is -2.15. The van der Waals surface area contributed by atoms with Gasteiger partial charge in [-0.2, -0.15) is 4.98 Å². The maximum Gasteiger partial charge on any atom is 0.354 e. The molecule has 0 aromatic carbocycles. The average Bonchev–Trinajstić information content (AvgIpc) is 3.25. The molecule has 0 bridgehead atoms. The van der Waals surface area contributed by atoms with E-state index in [4.69, 9.17) is 4.74 Å². The lowest BCUT2D eigenvalue weighted by molar-refractivity contribution is 0.0515. The minimum absolute atomic E-state index is 0.0376. The third-order valence-electron chi connectivity index (χ3n) is 4.05. The first-order chi connectivity index (χ1) is 12.4. The van der Waals surface area contributed by atoms with Gasteiger partial charge in [0.05, 0.1) is 6.61 Å². The molecule has 2 aromatic heterocycles. The molecule has 140 valence electrons. The summed E-state index contributed by atoms with van der Waals surface area (Å²) >= 11 is 0. The fourth-order valence-electron chi connectivity index (χ4n) is 2.76. The molecule has 10 heteroatoms. The van der Waals surface area contributed by atoms with Gasteiger partial charge in [-0.3, -0.25) is 4.72 Å². The summed E-state index contributed by atoms with van der Waals surface area (Å²) in [6.07, 6.45) is 5.02. The van der Waals surface area contributed by atoms with Gasteiger partial charge >= 0.3 is 5.97 Å². The van der Waals surface area contributed by atoms with Crippen LogP contribution in [0, 0.1) is 0 Å². The van der Waals surface area contributed by atoms with Crippen LogP contribution in [-0.4, -0.2) is 48.6 Å². The van der Waals surface area contributed by atoms with E-state index in [0.29, 0.717) is 5.95 Å². The maximum atomic E-state index is 12.6. The SMILES string of the molecule is CCOC(=O)c1cc(S(=O)(=O)Nc2ccnc(N3CCCC3)n2)cn1C. The van der Waals surface area contributed by atoms with Gasteiger partial charge in [0.2, 0.25) is 5.95 Å². The number of carbonyl (C=O) groups excluding carboxylic acids is 1. The highest BCUT2D eigenvalue weighted by molar-refractivity contribution is 7.92. The Labute approximate surface area is 152 Å². The second-order valence-electron chi connectivity index (χ2n) is 5.93. The summed E-state index contributed by atoms with van der Waals surface area (Å²) in [5.74, 6) is 0.112. The summed E-state index contributed by atoms with van der Waals surface area (Å²) in [4.78, 5) is 22.3. The number of sulfonamides is 1. The zero-order valence-corrected chi connectivity index (χ0v) is 15.5. The van der Waals surface area contributed by atoms with Crippen molar-refractivity contribution < 1.29 is 17.9 Å². The van der Waals surface area contributed by atoms with Crippen molar-refractivity contribution in [1.82, 2.24) is 14.5 Å². The highest BCUT2D eigenvalue weighted by Crippen LogP contribution is 2.20. The van der Waals surface area contributed by atoms with Crippen molar-refractivity contribution in [1.29, 1.82) is 0 Å². The van der Waals surface area contributed by atoms with E-state index in [0.717, 1.165) is 25.9 Å². The quantitative estimate of drug-likeness (QED) is 0.756. The van der Waals surface area contributed by atoms with E-state index in [-0.39, 0.29) is 23.0 Å². The van der Waals surface area contributed by atoms with Crippen LogP contribution in [0.3, 0.4) is 0 Å². The van der Waals surface area contributed by atoms with Crippen LogP contribution in [0.2, 0.25) is 0 Å². The molecule has 1 aliphatic rings. The first-order valence-corrected chi connectivity index (χ1v) is 9.83. The Hall–Kier alpha value is -2.62. The zero-order valence-electron chi connectivity index (χ0n) is 14.7. The fraction of sp³-hybridized carbons (Fsp3) is 0.438. The van der Waals surface area contributed by atoms with Crippen molar-refractivity contribution >= 4 is 27.8 Å². The summed E-state index contributed by atoms with van der Waals surface area (Å²) in [5, 5.41) is 0. The van der Waals surface area contributed by atoms with Crippen LogP contribution >= 0.6 is 0 Å². The van der Waals surface area contributed by atoms with Gasteiger partial charge in [-0.25, -0.2) is 18.2 Å². The molecule has 1 saturated heterocycles. The number of aryl methyl sites for hydroxylation is 1. The number of carbonyl (C=O) groups is 1. The minimum Gasteiger partial charge on any atom is -0.461 e. The number of nitrogens with one attached hydrogen (secondary N) is 1. The van der Waals surface area contributed by atoms with Crippen LogP contribution < -0.4 is 9.62 Å². The molecule has 0 atom stereocenters. The molecule has 1 fully saturated rings. The summed E-state index contributed by atoms with van der Waals surface area (Å²) < 4.78 is 34.0. The molecule has 0 spiro atoms. The Balaban J connectivity index is 1.82. The topological polar surface area (TPSA) is 106 Å². The van der Waals surface area contributed by atoms with E-state index >= 15 is 0 Å². The van der Waals surface area contributed by atoms with E-state index in [1.54, 1.807) is 14.0 Å². The molecule has 0 radical (unpaired) electrons. The Morgan fingerprint density at radius 2 is 2.08 bits per heavy atom. The molecule has 3 rings (SSSR count). The van der Waals surface area contributed by atoms with Crippen molar-refractivity contribution in [3.05, 3.63) is 30.2 Å². The van der Waals surface area contributed by atoms with Crippen LogP contribution in [0.5, 0.6) is 0 Å². The van der Waals surface area contributed by atoms with Crippen molar-refractivity contribution in [3.8, 4) is 0 Å². The van der Waals surface area contributed by atoms with E-state index in [1.807, 2.05) is 4.90 Å². The monoisotopic (exact) mass is 379 g/mol. The number of hydrogen-bond acceptors (Lipinski definition) is 7. The molecule has 0 saturated carbocycles. The number of aromatic nitrogens is 3. The van der Waals surface area contributed by atoms with Crippen LogP contribution in [0.15, 0.2) is 29.4 Å². The molecular weight excluding hydrogens is 358 g/mol. The van der Waals surface area contributed by atoms with Crippen molar-refractivity contribution in [2.75, 3.05) is 29.3 Å². The number of ether oxygens (including phenoxy) is 1. The number of nitrogens with zero attached hydrogens (tertiary/aromatic N) is 4. The van der Waals surface area contributed by atoms with E-state index in [9.17, 15) is 13.2 Å². The summed E-state index contributed by atoms with van der Waals surface area (Å²) in [5.41, 5.74) is 0.160. The lowest BCUT2D eigenvalue weighted by atomic mass is 10.4. The van der Waals surface area contributed by atoms with Crippen LogP contribution in [0.25, 0.3) is 0 Å². The largest absolute Gasteiger partial charge is 0.461 e. The first-order valence-electron chi connectivity index (χ1n) is 8.35. The number of hydrogen-bond donors (Lipinski definition) is 1. The Kier molecular flexibility index (Phi) is 5.12. The second kappa shape index (κ2) is 7.32. The molecule has 26 heavy (non-hydrogen) atoms.